The van der Waals surface area contributed by atoms with Crippen molar-refractivity contribution in [2.75, 3.05) is 9.80 Å². The molecule has 6 atom stereocenters. The minimum atomic E-state index is -5.35. The van der Waals surface area contributed by atoms with Crippen molar-refractivity contribution in [3.8, 4) is 5.75 Å². The predicted molar refractivity (Wildman–Crippen MR) is 163 cm³/mol. The number of imide groups is 2. The van der Waals surface area contributed by atoms with Gasteiger partial charge in [0.15, 0.2) is 0 Å². The number of carbonyl (C=O) groups excluding carboxylic acids is 4. The van der Waals surface area contributed by atoms with Crippen LogP contribution in [-0.2, 0) is 43.9 Å². The summed E-state index contributed by atoms with van der Waals surface area (Å²) in [5, 5.41) is 9.95. The zero-order valence-electron chi connectivity index (χ0n) is 27.2. The van der Waals surface area contributed by atoms with Gasteiger partial charge in [-0.2, -0.15) is 52.7 Å². The number of fused-ring (bicyclic) bond motifs is 4. The molecule has 0 radical (unpaired) electrons. The first-order chi connectivity index (χ1) is 25.4. The summed E-state index contributed by atoms with van der Waals surface area (Å²) in [5.41, 5.74) is -8.91. The van der Waals surface area contributed by atoms with Crippen molar-refractivity contribution < 1.29 is 77.0 Å². The molecular weight excluding hydrogens is 768 g/mol. The van der Waals surface area contributed by atoms with Crippen LogP contribution < -0.4 is 9.80 Å². The highest BCUT2D eigenvalue weighted by atomic mass is 19.4. The van der Waals surface area contributed by atoms with E-state index in [0.717, 1.165) is 0 Å². The number of carbonyl (C=O) groups is 4. The lowest BCUT2D eigenvalue weighted by Crippen LogP contribution is -2.43. The lowest BCUT2D eigenvalue weighted by molar-refractivity contribution is -0.144. The van der Waals surface area contributed by atoms with E-state index in [9.17, 15) is 77.0 Å². The third-order valence-electron chi connectivity index (χ3n) is 10.6. The Morgan fingerprint density at radius 3 is 1.33 bits per heavy atom. The molecular formula is C36H22F12N2O5. The summed E-state index contributed by atoms with van der Waals surface area (Å²) in [6.45, 7) is 0. The predicted octanol–water partition coefficient (Wildman–Crippen LogP) is 8.51. The van der Waals surface area contributed by atoms with E-state index in [1.807, 2.05) is 0 Å². The van der Waals surface area contributed by atoms with Gasteiger partial charge in [0.1, 0.15) is 5.75 Å². The van der Waals surface area contributed by atoms with E-state index in [1.54, 1.807) is 0 Å². The van der Waals surface area contributed by atoms with Crippen molar-refractivity contribution in [2.45, 2.75) is 43.5 Å². The van der Waals surface area contributed by atoms with Crippen LogP contribution in [0.4, 0.5) is 64.1 Å². The van der Waals surface area contributed by atoms with Crippen molar-refractivity contribution in [1.29, 1.82) is 0 Å². The average Bonchev–Trinajstić information content (AvgIpc) is 3.49. The average molecular weight is 791 g/mol. The fourth-order valence-corrected chi connectivity index (χ4v) is 8.29. The van der Waals surface area contributed by atoms with Gasteiger partial charge >= 0.3 is 24.7 Å². The molecule has 2 aliphatic carbocycles. The molecule has 55 heavy (non-hydrogen) atoms. The number of rotatable bonds is 3. The third-order valence-corrected chi connectivity index (χ3v) is 10.6. The molecule has 0 spiro atoms. The molecule has 3 aromatic carbocycles. The minimum Gasteiger partial charge on any atom is -0.508 e. The second-order valence-corrected chi connectivity index (χ2v) is 13.7. The second kappa shape index (κ2) is 12.3. The summed E-state index contributed by atoms with van der Waals surface area (Å²) < 4.78 is 165. The molecule has 2 aliphatic heterocycles. The topological polar surface area (TPSA) is 95.0 Å². The van der Waals surface area contributed by atoms with E-state index in [0.29, 0.717) is 0 Å². The summed E-state index contributed by atoms with van der Waals surface area (Å²) in [6.07, 6.45) is -20.8. The zero-order valence-corrected chi connectivity index (χ0v) is 27.2. The third kappa shape index (κ3) is 6.30. The maximum absolute atomic E-state index is 14.2. The first-order valence-corrected chi connectivity index (χ1v) is 16.2. The number of hydrogen-bond acceptors (Lipinski definition) is 5. The van der Waals surface area contributed by atoms with E-state index in [4.69, 9.17) is 0 Å². The Kier molecular flexibility index (Phi) is 8.50. The normalized spacial score (nSPS) is 25.9. The van der Waals surface area contributed by atoms with Gasteiger partial charge in [-0.05, 0) is 72.9 Å². The van der Waals surface area contributed by atoms with Crippen LogP contribution in [0.3, 0.4) is 0 Å². The van der Waals surface area contributed by atoms with Crippen molar-refractivity contribution in [1.82, 2.24) is 0 Å². The number of allylic oxidation sites excluding steroid dienone is 2. The number of alkyl halides is 12. The largest absolute Gasteiger partial charge is 0.508 e. The Balaban J connectivity index is 1.34. The molecule has 290 valence electrons. The number of aromatic hydroxyl groups is 1. The summed E-state index contributed by atoms with van der Waals surface area (Å²) >= 11 is 0. The molecule has 6 unspecified atom stereocenters. The van der Waals surface area contributed by atoms with Crippen LogP contribution in [0.5, 0.6) is 5.75 Å². The van der Waals surface area contributed by atoms with Crippen LogP contribution in [0.15, 0.2) is 72.3 Å². The van der Waals surface area contributed by atoms with Crippen LogP contribution in [0.2, 0.25) is 0 Å². The van der Waals surface area contributed by atoms with Gasteiger partial charge in [0.25, 0.3) is 0 Å². The molecule has 1 N–H and O–H groups in total. The fourth-order valence-electron chi connectivity index (χ4n) is 8.29. The van der Waals surface area contributed by atoms with Crippen molar-refractivity contribution in [2.24, 2.45) is 29.6 Å². The minimum absolute atomic E-state index is 0.192. The monoisotopic (exact) mass is 790 g/mol. The number of halogens is 12. The van der Waals surface area contributed by atoms with Gasteiger partial charge in [0.05, 0.1) is 57.3 Å². The lowest BCUT2D eigenvalue weighted by atomic mass is 9.57. The Labute approximate surface area is 300 Å². The Hall–Kier alpha value is -5.36. The van der Waals surface area contributed by atoms with E-state index in [-0.39, 0.29) is 69.5 Å². The maximum atomic E-state index is 14.2. The zero-order chi connectivity index (χ0) is 40.3. The van der Waals surface area contributed by atoms with Crippen LogP contribution in [0.25, 0.3) is 0 Å². The van der Waals surface area contributed by atoms with E-state index >= 15 is 0 Å². The quantitative estimate of drug-likeness (QED) is 0.163. The van der Waals surface area contributed by atoms with E-state index in [2.05, 4.69) is 0 Å². The van der Waals surface area contributed by atoms with Gasteiger partial charge in [-0.1, -0.05) is 23.8 Å². The van der Waals surface area contributed by atoms with Crippen LogP contribution >= 0.6 is 0 Å². The molecule has 3 fully saturated rings. The number of benzene rings is 3. The molecule has 3 aromatic rings. The number of hydrogen-bond donors (Lipinski definition) is 1. The van der Waals surface area contributed by atoms with Gasteiger partial charge < -0.3 is 5.11 Å². The molecule has 7 nitrogen and oxygen atoms in total. The first kappa shape index (κ1) is 37.9. The highest BCUT2D eigenvalue weighted by molar-refractivity contribution is 6.24. The summed E-state index contributed by atoms with van der Waals surface area (Å²) in [7, 11) is 0. The van der Waals surface area contributed by atoms with Crippen LogP contribution in [0, 0.1) is 29.6 Å². The van der Waals surface area contributed by atoms with Crippen molar-refractivity contribution in [3.63, 3.8) is 0 Å². The molecule has 1 saturated carbocycles. The molecule has 4 aliphatic rings. The van der Waals surface area contributed by atoms with E-state index in [1.165, 1.54) is 30.3 Å². The Morgan fingerprint density at radius 2 is 0.909 bits per heavy atom. The highest BCUT2D eigenvalue weighted by Crippen LogP contribution is 2.59. The Bertz CT molecular complexity index is 2110. The summed E-state index contributed by atoms with van der Waals surface area (Å²) in [5.74, 6) is -13.4. The molecule has 4 amide bonds. The van der Waals surface area contributed by atoms with Crippen molar-refractivity contribution in [3.05, 3.63) is 100 Å². The lowest BCUT2D eigenvalue weighted by Gasteiger charge is -2.44. The maximum Gasteiger partial charge on any atom is 0.416 e. The molecule has 19 heteroatoms. The smallest absolute Gasteiger partial charge is 0.416 e. The van der Waals surface area contributed by atoms with Crippen molar-refractivity contribution >= 4 is 35.0 Å². The van der Waals surface area contributed by atoms with Gasteiger partial charge in [-0.25, -0.2) is 9.80 Å². The van der Waals surface area contributed by atoms with Gasteiger partial charge in [0.2, 0.25) is 23.6 Å². The standard InChI is InChI=1S/C36H22F12N2O5/c37-33(38,39)15-7-16(34(40,41)42)10-19(9-15)49-29(52)23-6-5-22-24(27(23)31(49)54)13-25-28(26(22)14-1-3-21(51)4-2-14)32(55)50(30(25)53)20-11-17(35(43,44)45)8-18(12-20)36(46,47)48/h1-5,7-12,23-28,51H,6,13H2. The number of phenols is 1. The number of amides is 4. The summed E-state index contributed by atoms with van der Waals surface area (Å²) in [6, 6.07) is 5.39. The van der Waals surface area contributed by atoms with Gasteiger partial charge in [-0.3, -0.25) is 19.2 Å². The number of anilines is 2. The molecule has 0 bridgehead atoms. The number of phenolic OH excluding ortho intramolecular Hbond substituents is 1. The van der Waals surface area contributed by atoms with Gasteiger partial charge in [0, 0.05) is 5.92 Å². The molecule has 2 saturated heterocycles. The highest BCUT2D eigenvalue weighted by Gasteiger charge is 2.62. The van der Waals surface area contributed by atoms with Crippen LogP contribution in [0.1, 0.15) is 46.6 Å². The molecule has 7 rings (SSSR count). The molecule has 0 aromatic heterocycles. The van der Waals surface area contributed by atoms with E-state index < -0.39 is 124 Å². The Morgan fingerprint density at radius 1 is 0.509 bits per heavy atom. The number of nitrogens with zero attached hydrogens (tertiary/aromatic N) is 2. The fraction of sp³-hybridized carbons (Fsp3) is 0.333. The van der Waals surface area contributed by atoms with Crippen LogP contribution in [-0.4, -0.2) is 28.7 Å². The summed E-state index contributed by atoms with van der Waals surface area (Å²) in [4.78, 5) is 56.4. The first-order valence-electron chi connectivity index (χ1n) is 16.2. The SMILES string of the molecule is O=C1C2CC=C3C(CC4C(=O)N(c5cc(C(F)(F)F)cc(C(F)(F)F)c5)C(=O)C4C3c3ccc(O)cc3)C2C(=O)N1c1cc(C(F)(F)F)cc(C(F)(F)F)c1. The molecule has 2 heterocycles. The van der Waals surface area contributed by atoms with Gasteiger partial charge in [-0.15, -0.1) is 0 Å². The second-order valence-electron chi connectivity index (χ2n) is 13.7.